The number of halogens is 1. The SMILES string of the molecule is CC1(C)CC2CC(C)(CN2c2ncnc(Nc3ccc(Br)cc3)c2[N+](=O)[O-])C1. The molecule has 0 amide bonds. The van der Waals surface area contributed by atoms with Gasteiger partial charge in [-0.1, -0.05) is 36.7 Å². The molecule has 2 aliphatic rings. The highest BCUT2D eigenvalue weighted by Crippen LogP contribution is 2.54. The fourth-order valence-corrected chi connectivity index (χ4v) is 5.48. The van der Waals surface area contributed by atoms with Crippen LogP contribution in [0.2, 0.25) is 0 Å². The Bertz CT molecular complexity index is 917. The van der Waals surface area contributed by atoms with E-state index in [2.05, 4.69) is 56.9 Å². The Hall–Kier alpha value is -2.22. The standard InChI is InChI=1S/C20H24BrN5O2/c1-19(2)8-15-9-20(3,10-19)11-25(15)18-16(26(27)28)17(22-12-23-18)24-14-6-4-13(21)5-7-14/h4-7,12,15H,8-11H2,1-3H3,(H,22,23,24). The minimum atomic E-state index is -0.369. The highest BCUT2D eigenvalue weighted by molar-refractivity contribution is 9.10. The van der Waals surface area contributed by atoms with E-state index in [4.69, 9.17) is 0 Å². The van der Waals surface area contributed by atoms with E-state index in [1.807, 2.05) is 24.3 Å². The zero-order valence-electron chi connectivity index (χ0n) is 16.3. The summed E-state index contributed by atoms with van der Waals surface area (Å²) in [5.41, 5.74) is 1.07. The maximum absolute atomic E-state index is 12.0. The molecule has 7 nitrogen and oxygen atoms in total. The second-order valence-electron chi connectivity index (χ2n) is 9.13. The first kappa shape index (κ1) is 19.1. The van der Waals surface area contributed by atoms with Gasteiger partial charge in [0.15, 0.2) is 0 Å². The lowest BCUT2D eigenvalue weighted by Gasteiger charge is -2.39. The number of hydrogen-bond acceptors (Lipinski definition) is 6. The van der Waals surface area contributed by atoms with Gasteiger partial charge < -0.3 is 10.2 Å². The van der Waals surface area contributed by atoms with Gasteiger partial charge in [0, 0.05) is 22.7 Å². The fourth-order valence-electron chi connectivity index (χ4n) is 5.22. The Kier molecular flexibility index (Phi) is 4.56. The van der Waals surface area contributed by atoms with E-state index in [0.29, 0.717) is 5.82 Å². The third kappa shape index (κ3) is 3.57. The van der Waals surface area contributed by atoms with Crippen LogP contribution in [0.15, 0.2) is 35.1 Å². The Balaban J connectivity index is 1.72. The summed E-state index contributed by atoms with van der Waals surface area (Å²) < 4.78 is 0.941. The smallest absolute Gasteiger partial charge is 0.347 e. The lowest BCUT2D eigenvalue weighted by Crippen LogP contribution is -2.35. The summed E-state index contributed by atoms with van der Waals surface area (Å²) in [5.74, 6) is 0.647. The molecule has 1 aromatic carbocycles. The van der Waals surface area contributed by atoms with Gasteiger partial charge in [-0.05, 0) is 54.4 Å². The van der Waals surface area contributed by atoms with E-state index in [9.17, 15) is 10.1 Å². The molecule has 28 heavy (non-hydrogen) atoms. The molecule has 1 saturated heterocycles. The van der Waals surface area contributed by atoms with Crippen molar-refractivity contribution < 1.29 is 4.92 Å². The molecule has 0 radical (unpaired) electrons. The minimum Gasteiger partial charge on any atom is -0.347 e. The van der Waals surface area contributed by atoms with Gasteiger partial charge in [0.25, 0.3) is 0 Å². The van der Waals surface area contributed by atoms with Crippen LogP contribution in [0.1, 0.15) is 40.0 Å². The summed E-state index contributed by atoms with van der Waals surface area (Å²) in [7, 11) is 0. The van der Waals surface area contributed by atoms with Gasteiger partial charge in [-0.15, -0.1) is 0 Å². The number of nitro groups is 1. The van der Waals surface area contributed by atoms with Gasteiger partial charge in [0.2, 0.25) is 11.6 Å². The van der Waals surface area contributed by atoms with Crippen LogP contribution >= 0.6 is 15.9 Å². The third-order valence-electron chi connectivity index (χ3n) is 5.78. The molecule has 2 heterocycles. The predicted octanol–water partition coefficient (Wildman–Crippen LogP) is 5.30. The zero-order valence-corrected chi connectivity index (χ0v) is 17.9. The molecule has 0 spiro atoms. The van der Waals surface area contributed by atoms with Gasteiger partial charge in [0.1, 0.15) is 6.33 Å². The van der Waals surface area contributed by atoms with E-state index in [1.165, 1.54) is 6.33 Å². The Morgan fingerprint density at radius 1 is 1.21 bits per heavy atom. The number of rotatable bonds is 4. The van der Waals surface area contributed by atoms with E-state index in [0.717, 1.165) is 36.0 Å². The number of fused-ring (bicyclic) bond motifs is 2. The molecular weight excluding hydrogens is 422 g/mol. The van der Waals surface area contributed by atoms with Gasteiger partial charge in [-0.25, -0.2) is 9.97 Å². The van der Waals surface area contributed by atoms with Crippen LogP contribution in [-0.2, 0) is 0 Å². The molecule has 148 valence electrons. The van der Waals surface area contributed by atoms with Crippen LogP contribution in [0, 0.1) is 20.9 Å². The zero-order chi connectivity index (χ0) is 20.1. The summed E-state index contributed by atoms with van der Waals surface area (Å²) >= 11 is 3.40. The molecule has 4 rings (SSSR count). The normalized spacial score (nSPS) is 25.6. The number of nitrogens with zero attached hydrogens (tertiary/aromatic N) is 4. The molecular formula is C20H24BrN5O2. The maximum atomic E-state index is 12.0. The van der Waals surface area contributed by atoms with Crippen LogP contribution in [0.3, 0.4) is 0 Å². The lowest BCUT2D eigenvalue weighted by molar-refractivity contribution is -0.383. The molecule has 2 unspecified atom stereocenters. The van der Waals surface area contributed by atoms with Gasteiger partial charge in [-0.2, -0.15) is 0 Å². The van der Waals surface area contributed by atoms with Crippen molar-refractivity contribution >= 4 is 38.9 Å². The number of anilines is 3. The van der Waals surface area contributed by atoms with Gasteiger partial charge in [-0.3, -0.25) is 10.1 Å². The molecule has 2 fully saturated rings. The highest BCUT2D eigenvalue weighted by atomic mass is 79.9. The molecule has 8 heteroatoms. The number of aromatic nitrogens is 2. The van der Waals surface area contributed by atoms with E-state index >= 15 is 0 Å². The minimum absolute atomic E-state index is 0.0561. The second-order valence-corrected chi connectivity index (χ2v) is 10.0. The average Bonchev–Trinajstić information content (AvgIpc) is 2.85. The van der Waals surface area contributed by atoms with E-state index < -0.39 is 0 Å². The Morgan fingerprint density at radius 3 is 2.61 bits per heavy atom. The third-order valence-corrected chi connectivity index (χ3v) is 6.31. The van der Waals surface area contributed by atoms with Crippen molar-refractivity contribution in [3.8, 4) is 0 Å². The van der Waals surface area contributed by atoms with E-state index in [1.54, 1.807) is 0 Å². The average molecular weight is 446 g/mol. The van der Waals surface area contributed by atoms with Crippen LogP contribution in [-0.4, -0.2) is 27.5 Å². The fraction of sp³-hybridized carbons (Fsp3) is 0.500. The van der Waals surface area contributed by atoms with Crippen LogP contribution in [0.5, 0.6) is 0 Å². The molecule has 2 aromatic rings. The first-order chi connectivity index (χ1) is 13.2. The predicted molar refractivity (Wildman–Crippen MR) is 113 cm³/mol. The largest absolute Gasteiger partial charge is 0.353 e. The van der Waals surface area contributed by atoms with Crippen molar-refractivity contribution in [2.45, 2.75) is 46.1 Å². The molecule has 1 aromatic heterocycles. The monoisotopic (exact) mass is 445 g/mol. The molecule has 1 N–H and O–H groups in total. The van der Waals surface area contributed by atoms with Crippen molar-refractivity contribution in [1.29, 1.82) is 0 Å². The summed E-state index contributed by atoms with van der Waals surface area (Å²) in [4.78, 5) is 22.3. The van der Waals surface area contributed by atoms with Gasteiger partial charge in [0.05, 0.1) is 4.92 Å². The van der Waals surface area contributed by atoms with Crippen molar-refractivity contribution in [3.05, 3.63) is 45.2 Å². The first-order valence-electron chi connectivity index (χ1n) is 9.45. The maximum Gasteiger partial charge on any atom is 0.353 e. The topological polar surface area (TPSA) is 84.2 Å². The summed E-state index contributed by atoms with van der Waals surface area (Å²) in [6, 6.07) is 7.72. The summed E-state index contributed by atoms with van der Waals surface area (Å²) in [6.45, 7) is 7.65. The van der Waals surface area contributed by atoms with Crippen LogP contribution < -0.4 is 10.2 Å². The van der Waals surface area contributed by atoms with Crippen molar-refractivity contribution in [3.63, 3.8) is 0 Å². The van der Waals surface area contributed by atoms with Crippen molar-refractivity contribution in [2.24, 2.45) is 10.8 Å². The van der Waals surface area contributed by atoms with Crippen molar-refractivity contribution in [1.82, 2.24) is 9.97 Å². The molecule has 2 bridgehead atoms. The number of nitrogens with one attached hydrogen (secondary N) is 1. The van der Waals surface area contributed by atoms with Crippen molar-refractivity contribution in [2.75, 3.05) is 16.8 Å². The lowest BCUT2D eigenvalue weighted by atomic mass is 9.65. The number of hydrogen-bond donors (Lipinski definition) is 1. The molecule has 1 saturated carbocycles. The number of benzene rings is 1. The van der Waals surface area contributed by atoms with E-state index in [-0.39, 0.29) is 33.3 Å². The summed E-state index contributed by atoms with van der Waals surface area (Å²) in [5, 5.41) is 15.1. The molecule has 1 aliphatic carbocycles. The first-order valence-corrected chi connectivity index (χ1v) is 10.2. The quantitative estimate of drug-likeness (QED) is 0.507. The highest BCUT2D eigenvalue weighted by Gasteiger charge is 2.51. The summed E-state index contributed by atoms with van der Waals surface area (Å²) in [6.07, 6.45) is 4.60. The second kappa shape index (κ2) is 6.69. The molecule has 2 atom stereocenters. The Morgan fingerprint density at radius 2 is 1.93 bits per heavy atom. The Labute approximate surface area is 172 Å². The van der Waals surface area contributed by atoms with Crippen LogP contribution in [0.25, 0.3) is 0 Å². The van der Waals surface area contributed by atoms with Crippen LogP contribution in [0.4, 0.5) is 23.0 Å². The molecule has 1 aliphatic heterocycles. The van der Waals surface area contributed by atoms with Gasteiger partial charge >= 0.3 is 5.69 Å².